The fraction of sp³-hybridized carbons (Fsp3) is 0.562. The summed E-state index contributed by atoms with van der Waals surface area (Å²) in [6.45, 7) is 4.49. The van der Waals surface area contributed by atoms with Gasteiger partial charge < -0.3 is 5.32 Å². The summed E-state index contributed by atoms with van der Waals surface area (Å²) in [6.07, 6.45) is 1.18. The van der Waals surface area contributed by atoms with Crippen LogP contribution in [-0.4, -0.2) is 37.5 Å². The Hall–Kier alpha value is -1.40. The first kappa shape index (κ1) is 17.0. The zero-order valence-corrected chi connectivity index (χ0v) is 14.0. The van der Waals surface area contributed by atoms with Crippen molar-refractivity contribution >= 4 is 15.9 Å². The zero-order chi connectivity index (χ0) is 16.2. The molecule has 0 aromatic heterocycles. The molecule has 1 atom stereocenters. The molecule has 1 aliphatic rings. The van der Waals surface area contributed by atoms with Crippen LogP contribution in [0.3, 0.4) is 0 Å². The molecule has 1 aromatic carbocycles. The first-order valence-electron chi connectivity index (χ1n) is 7.77. The summed E-state index contributed by atoms with van der Waals surface area (Å²) in [4.78, 5) is 12.3. The van der Waals surface area contributed by atoms with Crippen molar-refractivity contribution in [1.29, 1.82) is 0 Å². The van der Waals surface area contributed by atoms with Crippen LogP contribution >= 0.6 is 0 Å². The molecular formula is C16H24N2O3S. The van der Waals surface area contributed by atoms with E-state index < -0.39 is 10.0 Å². The maximum Gasteiger partial charge on any atom is 0.223 e. The molecular weight excluding hydrogens is 300 g/mol. The number of carbonyl (C=O) groups is 1. The second-order valence-corrected chi connectivity index (χ2v) is 7.97. The average Bonchev–Trinajstić information content (AvgIpc) is 2.55. The Morgan fingerprint density at radius 2 is 1.86 bits per heavy atom. The summed E-state index contributed by atoms with van der Waals surface area (Å²) < 4.78 is 25.1. The van der Waals surface area contributed by atoms with Gasteiger partial charge in [-0.1, -0.05) is 30.3 Å². The first-order valence-corrected chi connectivity index (χ1v) is 9.38. The minimum atomic E-state index is -3.13. The largest absolute Gasteiger partial charge is 0.349 e. The maximum atomic E-state index is 12.3. The van der Waals surface area contributed by atoms with Gasteiger partial charge in [0.1, 0.15) is 0 Å². The van der Waals surface area contributed by atoms with Gasteiger partial charge in [0.15, 0.2) is 0 Å². The number of hydrogen-bond donors (Lipinski definition) is 1. The SMILES string of the molecule is CCS(=O)(=O)N1CCC(C(=O)NC(C)c2ccccc2)CC1. The number of piperidine rings is 1. The Bertz CT molecular complexity index is 593. The Morgan fingerprint density at radius 3 is 2.41 bits per heavy atom. The van der Waals surface area contributed by atoms with E-state index in [-0.39, 0.29) is 23.6 Å². The summed E-state index contributed by atoms with van der Waals surface area (Å²) in [6, 6.07) is 9.79. The number of hydrogen-bond acceptors (Lipinski definition) is 3. The smallest absolute Gasteiger partial charge is 0.223 e. The van der Waals surface area contributed by atoms with Crippen LogP contribution < -0.4 is 5.32 Å². The monoisotopic (exact) mass is 324 g/mol. The van der Waals surface area contributed by atoms with Crippen LogP contribution in [-0.2, 0) is 14.8 Å². The van der Waals surface area contributed by atoms with E-state index in [0.717, 1.165) is 5.56 Å². The van der Waals surface area contributed by atoms with E-state index in [9.17, 15) is 13.2 Å². The minimum Gasteiger partial charge on any atom is -0.349 e. The van der Waals surface area contributed by atoms with Gasteiger partial charge in [0.25, 0.3) is 0 Å². The van der Waals surface area contributed by atoms with Crippen molar-refractivity contribution in [2.24, 2.45) is 5.92 Å². The van der Waals surface area contributed by atoms with Crippen LogP contribution in [0.5, 0.6) is 0 Å². The third-order valence-electron chi connectivity index (χ3n) is 4.24. The fourth-order valence-electron chi connectivity index (χ4n) is 2.74. The van der Waals surface area contributed by atoms with Crippen LogP contribution in [0.4, 0.5) is 0 Å². The van der Waals surface area contributed by atoms with E-state index in [0.29, 0.717) is 25.9 Å². The highest BCUT2D eigenvalue weighted by Gasteiger charge is 2.30. The quantitative estimate of drug-likeness (QED) is 0.900. The van der Waals surface area contributed by atoms with Crippen LogP contribution in [0.25, 0.3) is 0 Å². The number of sulfonamides is 1. The molecule has 0 aliphatic carbocycles. The first-order chi connectivity index (χ1) is 10.4. The molecule has 0 saturated carbocycles. The molecule has 5 nitrogen and oxygen atoms in total. The van der Waals surface area contributed by atoms with E-state index in [1.54, 1.807) is 6.92 Å². The van der Waals surface area contributed by atoms with Crippen LogP contribution in [0.1, 0.15) is 38.3 Å². The lowest BCUT2D eigenvalue weighted by Crippen LogP contribution is -2.43. The van der Waals surface area contributed by atoms with Crippen molar-refractivity contribution in [3.05, 3.63) is 35.9 Å². The van der Waals surface area contributed by atoms with E-state index in [4.69, 9.17) is 0 Å². The highest BCUT2D eigenvalue weighted by Crippen LogP contribution is 2.21. The number of rotatable bonds is 5. The fourth-order valence-corrected chi connectivity index (χ4v) is 3.87. The number of benzene rings is 1. The lowest BCUT2D eigenvalue weighted by molar-refractivity contribution is -0.126. The van der Waals surface area contributed by atoms with Crippen molar-refractivity contribution < 1.29 is 13.2 Å². The molecule has 1 N–H and O–H groups in total. The second-order valence-electron chi connectivity index (χ2n) is 5.71. The molecule has 0 radical (unpaired) electrons. The zero-order valence-electron chi connectivity index (χ0n) is 13.2. The third kappa shape index (κ3) is 4.08. The Balaban J connectivity index is 1.88. The Labute approximate surface area is 132 Å². The lowest BCUT2D eigenvalue weighted by atomic mass is 9.96. The molecule has 2 rings (SSSR count). The van der Waals surface area contributed by atoms with Crippen LogP contribution in [0.2, 0.25) is 0 Å². The van der Waals surface area contributed by atoms with Gasteiger partial charge in [-0.25, -0.2) is 12.7 Å². The summed E-state index contributed by atoms with van der Waals surface area (Å²) >= 11 is 0. The number of amides is 1. The number of nitrogens with one attached hydrogen (secondary N) is 1. The van der Waals surface area contributed by atoms with Crippen LogP contribution in [0.15, 0.2) is 30.3 Å². The van der Waals surface area contributed by atoms with Gasteiger partial charge in [-0.3, -0.25) is 4.79 Å². The molecule has 1 unspecified atom stereocenters. The van der Waals surface area contributed by atoms with E-state index in [1.165, 1.54) is 4.31 Å². The molecule has 0 spiro atoms. The van der Waals surface area contributed by atoms with Crippen molar-refractivity contribution in [2.45, 2.75) is 32.7 Å². The topological polar surface area (TPSA) is 66.5 Å². The molecule has 0 bridgehead atoms. The second kappa shape index (κ2) is 7.24. The maximum absolute atomic E-state index is 12.3. The van der Waals surface area contributed by atoms with Crippen LogP contribution in [0, 0.1) is 5.92 Å². The van der Waals surface area contributed by atoms with Gasteiger partial charge >= 0.3 is 0 Å². The molecule has 122 valence electrons. The molecule has 1 saturated heterocycles. The molecule has 1 aliphatic heterocycles. The van der Waals surface area contributed by atoms with Gasteiger partial charge in [-0.15, -0.1) is 0 Å². The third-order valence-corrected chi connectivity index (χ3v) is 6.12. The molecule has 1 amide bonds. The minimum absolute atomic E-state index is 0.0184. The summed E-state index contributed by atoms with van der Waals surface area (Å²) in [5.74, 6) is 0.0360. The van der Waals surface area contributed by atoms with E-state index in [2.05, 4.69) is 5.32 Å². The highest BCUT2D eigenvalue weighted by atomic mass is 32.2. The summed E-state index contributed by atoms with van der Waals surface area (Å²) in [5, 5.41) is 3.03. The summed E-state index contributed by atoms with van der Waals surface area (Å²) in [7, 11) is -3.13. The predicted molar refractivity (Wildman–Crippen MR) is 86.8 cm³/mol. The molecule has 22 heavy (non-hydrogen) atoms. The van der Waals surface area contributed by atoms with Gasteiger partial charge in [0.2, 0.25) is 15.9 Å². The standard InChI is InChI=1S/C16H24N2O3S/c1-3-22(20,21)18-11-9-15(10-12-18)16(19)17-13(2)14-7-5-4-6-8-14/h4-8,13,15H,3,9-12H2,1-2H3,(H,17,19). The summed E-state index contributed by atoms with van der Waals surface area (Å²) in [5.41, 5.74) is 1.07. The van der Waals surface area contributed by atoms with E-state index in [1.807, 2.05) is 37.3 Å². The Morgan fingerprint density at radius 1 is 1.27 bits per heavy atom. The number of nitrogens with zero attached hydrogens (tertiary/aromatic N) is 1. The van der Waals surface area contributed by atoms with Crippen molar-refractivity contribution in [2.75, 3.05) is 18.8 Å². The van der Waals surface area contributed by atoms with Gasteiger partial charge in [0.05, 0.1) is 11.8 Å². The van der Waals surface area contributed by atoms with Gasteiger partial charge in [-0.05, 0) is 32.3 Å². The molecule has 1 aromatic rings. The normalized spacial score (nSPS) is 18.8. The van der Waals surface area contributed by atoms with Crippen molar-refractivity contribution in [1.82, 2.24) is 9.62 Å². The Kier molecular flexibility index (Phi) is 5.58. The molecule has 1 fully saturated rings. The average molecular weight is 324 g/mol. The molecule has 1 heterocycles. The van der Waals surface area contributed by atoms with Gasteiger partial charge in [0, 0.05) is 19.0 Å². The lowest BCUT2D eigenvalue weighted by Gasteiger charge is -2.31. The molecule has 6 heteroatoms. The van der Waals surface area contributed by atoms with Crippen molar-refractivity contribution in [3.63, 3.8) is 0 Å². The van der Waals surface area contributed by atoms with Gasteiger partial charge in [-0.2, -0.15) is 0 Å². The highest BCUT2D eigenvalue weighted by molar-refractivity contribution is 7.89. The number of carbonyl (C=O) groups excluding carboxylic acids is 1. The predicted octanol–water partition coefficient (Wildman–Crippen LogP) is 1.93. The van der Waals surface area contributed by atoms with Crippen molar-refractivity contribution in [3.8, 4) is 0 Å². The van der Waals surface area contributed by atoms with E-state index >= 15 is 0 Å².